The van der Waals surface area contributed by atoms with E-state index in [-0.39, 0.29) is 11.7 Å². The molecule has 1 aromatic heterocycles. The minimum absolute atomic E-state index is 0.190. The Morgan fingerprint density at radius 2 is 1.85 bits per heavy atom. The maximum atomic E-state index is 14.2. The molecule has 4 nitrogen and oxygen atoms in total. The van der Waals surface area contributed by atoms with Gasteiger partial charge in [-0.2, -0.15) is 0 Å². The van der Waals surface area contributed by atoms with Crippen LogP contribution in [0, 0.1) is 11.7 Å². The van der Waals surface area contributed by atoms with Crippen LogP contribution < -0.4 is 4.90 Å². The summed E-state index contributed by atoms with van der Waals surface area (Å²) < 4.78 is 14.2. The lowest BCUT2D eigenvalue weighted by Gasteiger charge is -2.37. The first kappa shape index (κ1) is 16.5. The van der Waals surface area contributed by atoms with E-state index in [4.69, 9.17) is 0 Å². The Hall–Kier alpha value is -2.69. The zero-order valence-electron chi connectivity index (χ0n) is 15.2. The molecule has 1 saturated carbocycles. The number of halogens is 1. The minimum atomic E-state index is -0.190. The van der Waals surface area contributed by atoms with Crippen LogP contribution in [-0.4, -0.2) is 42.0 Å². The molecular formula is C22H22FN3O. The summed E-state index contributed by atoms with van der Waals surface area (Å²) in [5.41, 5.74) is 4.87. The molecule has 2 aromatic rings. The Labute approximate surface area is 158 Å². The van der Waals surface area contributed by atoms with Crippen molar-refractivity contribution in [1.29, 1.82) is 0 Å². The smallest absolute Gasteiger partial charge is 0.225 e. The summed E-state index contributed by atoms with van der Waals surface area (Å²) in [4.78, 5) is 21.1. The molecule has 0 unspecified atom stereocenters. The van der Waals surface area contributed by atoms with Crippen LogP contribution in [0.1, 0.15) is 29.7 Å². The summed E-state index contributed by atoms with van der Waals surface area (Å²) in [5, 5.41) is 0. The van der Waals surface area contributed by atoms with Crippen molar-refractivity contribution in [3.8, 4) is 0 Å². The Morgan fingerprint density at radius 3 is 2.59 bits per heavy atom. The number of benzene rings is 1. The lowest BCUT2D eigenvalue weighted by Crippen LogP contribution is -2.49. The number of piperazine rings is 1. The van der Waals surface area contributed by atoms with Crippen LogP contribution in [0.25, 0.3) is 11.6 Å². The van der Waals surface area contributed by atoms with Gasteiger partial charge in [0.15, 0.2) is 0 Å². The fraction of sp³-hybridized carbons (Fsp3) is 0.364. The molecule has 27 heavy (non-hydrogen) atoms. The summed E-state index contributed by atoms with van der Waals surface area (Å²) in [6.45, 7) is 3.21. The van der Waals surface area contributed by atoms with Crippen LogP contribution in [0.5, 0.6) is 0 Å². The number of amides is 1. The number of hydrogen-bond acceptors (Lipinski definition) is 3. The van der Waals surface area contributed by atoms with E-state index < -0.39 is 0 Å². The predicted molar refractivity (Wildman–Crippen MR) is 104 cm³/mol. The summed E-state index contributed by atoms with van der Waals surface area (Å²) in [6, 6.07) is 8.96. The van der Waals surface area contributed by atoms with Gasteiger partial charge in [-0.25, -0.2) is 4.39 Å². The van der Waals surface area contributed by atoms with Gasteiger partial charge >= 0.3 is 0 Å². The van der Waals surface area contributed by atoms with E-state index in [9.17, 15) is 9.18 Å². The molecule has 2 heterocycles. The van der Waals surface area contributed by atoms with Crippen molar-refractivity contribution in [2.24, 2.45) is 5.92 Å². The molecule has 1 aromatic carbocycles. The minimum Gasteiger partial charge on any atom is -0.367 e. The van der Waals surface area contributed by atoms with E-state index in [2.05, 4.69) is 16.0 Å². The number of hydrogen-bond donors (Lipinski definition) is 0. The molecule has 0 atom stereocenters. The van der Waals surface area contributed by atoms with Gasteiger partial charge in [0.1, 0.15) is 5.82 Å². The van der Waals surface area contributed by atoms with Gasteiger partial charge in [-0.3, -0.25) is 9.78 Å². The molecule has 1 saturated heterocycles. The Balaban J connectivity index is 1.38. The van der Waals surface area contributed by atoms with Crippen molar-refractivity contribution in [3.05, 3.63) is 59.2 Å². The van der Waals surface area contributed by atoms with Crippen LogP contribution in [0.4, 0.5) is 10.1 Å². The maximum Gasteiger partial charge on any atom is 0.225 e. The van der Waals surface area contributed by atoms with Crippen molar-refractivity contribution in [3.63, 3.8) is 0 Å². The highest BCUT2D eigenvalue weighted by atomic mass is 19.1. The van der Waals surface area contributed by atoms with Crippen LogP contribution >= 0.6 is 0 Å². The van der Waals surface area contributed by atoms with Crippen LogP contribution in [0.3, 0.4) is 0 Å². The number of fused-ring (bicyclic) bond motifs is 1. The molecule has 138 valence electrons. The van der Waals surface area contributed by atoms with E-state index in [1.54, 1.807) is 6.07 Å². The predicted octanol–water partition coefficient (Wildman–Crippen LogP) is 3.38. The number of anilines is 1. The molecule has 1 aliphatic heterocycles. The van der Waals surface area contributed by atoms with Crippen molar-refractivity contribution in [2.45, 2.75) is 19.3 Å². The monoisotopic (exact) mass is 363 g/mol. The van der Waals surface area contributed by atoms with Crippen molar-refractivity contribution >= 4 is 23.2 Å². The summed E-state index contributed by atoms with van der Waals surface area (Å²) >= 11 is 0. The Morgan fingerprint density at radius 1 is 1.07 bits per heavy atom. The molecule has 0 bridgehead atoms. The number of pyridine rings is 1. The van der Waals surface area contributed by atoms with Gasteiger partial charge in [0.2, 0.25) is 5.91 Å². The molecule has 0 radical (unpaired) electrons. The third-order valence-electron chi connectivity index (χ3n) is 5.80. The topological polar surface area (TPSA) is 36.4 Å². The molecule has 2 fully saturated rings. The van der Waals surface area contributed by atoms with Crippen molar-refractivity contribution in [2.75, 3.05) is 31.1 Å². The number of nitrogens with zero attached hydrogens (tertiary/aromatic N) is 3. The molecule has 5 rings (SSSR count). The van der Waals surface area contributed by atoms with Gasteiger partial charge < -0.3 is 9.80 Å². The quantitative estimate of drug-likeness (QED) is 0.839. The second-order valence-electron chi connectivity index (χ2n) is 7.60. The zero-order valence-corrected chi connectivity index (χ0v) is 15.2. The SMILES string of the molecule is O=C(C1CC1)N1CCN(c2ccnc3c2C=C(c2ccccc2F)C3)CC1. The van der Waals surface area contributed by atoms with Gasteiger partial charge in [0.05, 0.1) is 5.69 Å². The molecule has 2 aliphatic carbocycles. The normalized spacial score (nSPS) is 19.1. The van der Waals surface area contributed by atoms with Gasteiger partial charge in [-0.1, -0.05) is 18.2 Å². The lowest BCUT2D eigenvalue weighted by atomic mass is 10.0. The standard InChI is InChI=1S/C22H22FN3O/c23-19-4-2-1-3-17(19)16-13-18-20(14-16)24-8-7-21(18)25-9-11-26(12-10-25)22(27)15-5-6-15/h1-4,7-8,13,15H,5-6,9-12,14H2. The number of aromatic nitrogens is 1. The summed E-state index contributed by atoms with van der Waals surface area (Å²) in [6.07, 6.45) is 6.69. The molecular weight excluding hydrogens is 341 g/mol. The maximum absolute atomic E-state index is 14.2. The average Bonchev–Trinajstić information content (AvgIpc) is 3.46. The van der Waals surface area contributed by atoms with E-state index in [1.807, 2.05) is 29.3 Å². The lowest BCUT2D eigenvalue weighted by molar-refractivity contribution is -0.132. The first-order valence-electron chi connectivity index (χ1n) is 9.68. The number of carbonyl (C=O) groups is 1. The molecule has 0 N–H and O–H groups in total. The van der Waals surface area contributed by atoms with E-state index in [0.29, 0.717) is 17.9 Å². The molecule has 5 heteroatoms. The fourth-order valence-corrected chi connectivity index (χ4v) is 4.14. The van der Waals surface area contributed by atoms with Crippen LogP contribution in [0.2, 0.25) is 0 Å². The zero-order chi connectivity index (χ0) is 18.4. The highest BCUT2D eigenvalue weighted by Gasteiger charge is 2.35. The molecule has 3 aliphatic rings. The second kappa shape index (κ2) is 6.48. The second-order valence-corrected chi connectivity index (χ2v) is 7.60. The van der Waals surface area contributed by atoms with E-state index in [1.165, 1.54) is 6.07 Å². The molecule has 0 spiro atoms. The first-order valence-corrected chi connectivity index (χ1v) is 9.68. The average molecular weight is 363 g/mol. The first-order chi connectivity index (χ1) is 13.2. The molecule has 1 amide bonds. The Kier molecular flexibility index (Phi) is 3.96. The Bertz CT molecular complexity index is 927. The van der Waals surface area contributed by atoms with Gasteiger partial charge in [-0.15, -0.1) is 0 Å². The largest absolute Gasteiger partial charge is 0.367 e. The van der Waals surface area contributed by atoms with Gasteiger partial charge in [-0.05, 0) is 36.6 Å². The number of rotatable bonds is 3. The highest BCUT2D eigenvalue weighted by molar-refractivity contribution is 5.92. The summed E-state index contributed by atoms with van der Waals surface area (Å²) in [7, 11) is 0. The number of allylic oxidation sites excluding steroid dienone is 1. The third kappa shape index (κ3) is 3.01. The van der Waals surface area contributed by atoms with Crippen molar-refractivity contribution < 1.29 is 9.18 Å². The van der Waals surface area contributed by atoms with Crippen molar-refractivity contribution in [1.82, 2.24) is 9.88 Å². The van der Waals surface area contributed by atoms with Crippen LogP contribution in [0.15, 0.2) is 36.5 Å². The van der Waals surface area contributed by atoms with E-state index in [0.717, 1.165) is 61.5 Å². The third-order valence-corrected chi connectivity index (χ3v) is 5.80. The fourth-order valence-electron chi connectivity index (χ4n) is 4.14. The van der Waals surface area contributed by atoms with Gasteiger partial charge in [0, 0.05) is 61.5 Å². The highest BCUT2D eigenvalue weighted by Crippen LogP contribution is 2.37. The van der Waals surface area contributed by atoms with E-state index >= 15 is 0 Å². The van der Waals surface area contributed by atoms with Crippen LogP contribution in [-0.2, 0) is 11.2 Å². The number of carbonyl (C=O) groups excluding carboxylic acids is 1. The summed E-state index contributed by atoms with van der Waals surface area (Å²) in [5.74, 6) is 0.426. The van der Waals surface area contributed by atoms with Gasteiger partial charge in [0.25, 0.3) is 0 Å².